The molecule has 1 aliphatic carbocycles. The third-order valence-corrected chi connectivity index (χ3v) is 4.73. The fourth-order valence-corrected chi connectivity index (χ4v) is 3.75. The number of benzene rings is 1. The molecule has 0 bridgehead atoms. The van der Waals surface area contributed by atoms with Crippen LogP contribution in [0.2, 0.25) is 0 Å². The van der Waals surface area contributed by atoms with E-state index in [-0.39, 0.29) is 10.6 Å². The Morgan fingerprint density at radius 2 is 1.76 bits per heavy atom. The van der Waals surface area contributed by atoms with Crippen LogP contribution in [0.3, 0.4) is 0 Å². The summed E-state index contributed by atoms with van der Waals surface area (Å²) >= 11 is 0. The number of hydrogen-bond donors (Lipinski definition) is 1. The van der Waals surface area contributed by atoms with Gasteiger partial charge in [0.1, 0.15) is 16.5 Å². The summed E-state index contributed by atoms with van der Waals surface area (Å²) in [6, 6.07) is 2.04. The highest BCUT2D eigenvalue weighted by Crippen LogP contribution is 2.28. The van der Waals surface area contributed by atoms with Crippen molar-refractivity contribution >= 4 is 16.5 Å². The lowest BCUT2D eigenvalue weighted by molar-refractivity contribution is 0.532. The van der Waals surface area contributed by atoms with E-state index in [1.165, 1.54) is 0 Å². The molecular weight excluding hydrogens is 244 g/mol. The van der Waals surface area contributed by atoms with E-state index in [1.54, 1.807) is 0 Å². The maximum atomic E-state index is 13.5. The lowest BCUT2D eigenvalue weighted by Gasteiger charge is -2.10. The fraction of sp³-hybridized carbons (Fsp3) is 0.500. The third kappa shape index (κ3) is 2.83. The van der Waals surface area contributed by atoms with E-state index < -0.39 is 22.4 Å². The Kier molecular flexibility index (Phi) is 3.76. The molecule has 0 spiro atoms. The molecule has 0 heterocycles. The van der Waals surface area contributed by atoms with Crippen LogP contribution in [0, 0.1) is 17.6 Å². The lowest BCUT2D eigenvalue weighted by Crippen LogP contribution is -2.11. The minimum absolute atomic E-state index is 0.0154. The normalized spacial score (nSPS) is 18.5. The highest BCUT2D eigenvalue weighted by molar-refractivity contribution is 7.85. The second kappa shape index (κ2) is 5.12. The van der Waals surface area contributed by atoms with Gasteiger partial charge in [-0.2, -0.15) is 0 Å². The van der Waals surface area contributed by atoms with Crippen LogP contribution in [-0.4, -0.2) is 9.96 Å². The maximum Gasteiger partial charge on any atom is 0.144 e. The summed E-state index contributed by atoms with van der Waals surface area (Å²) in [4.78, 5) is -0.328. The SMILES string of the molecule is Nc1cc(F)c(S(=O)CC2CCCC2)c(F)c1. The minimum Gasteiger partial charge on any atom is -0.399 e. The monoisotopic (exact) mass is 259 g/mol. The third-order valence-electron chi connectivity index (χ3n) is 3.11. The molecule has 1 saturated carbocycles. The van der Waals surface area contributed by atoms with E-state index in [9.17, 15) is 13.0 Å². The summed E-state index contributed by atoms with van der Waals surface area (Å²) in [6.07, 6.45) is 4.25. The molecule has 1 unspecified atom stereocenters. The highest BCUT2D eigenvalue weighted by atomic mass is 32.2. The molecule has 2 nitrogen and oxygen atoms in total. The van der Waals surface area contributed by atoms with E-state index in [1.807, 2.05) is 0 Å². The number of nitrogens with two attached hydrogens (primary N) is 1. The van der Waals surface area contributed by atoms with Gasteiger partial charge in [0, 0.05) is 11.4 Å². The molecule has 1 aromatic rings. The van der Waals surface area contributed by atoms with Crippen molar-refractivity contribution in [3.05, 3.63) is 23.8 Å². The van der Waals surface area contributed by atoms with Crippen LogP contribution in [0.25, 0.3) is 0 Å². The molecule has 0 amide bonds. The van der Waals surface area contributed by atoms with Gasteiger partial charge in [-0.3, -0.25) is 4.21 Å². The van der Waals surface area contributed by atoms with E-state index >= 15 is 0 Å². The topological polar surface area (TPSA) is 43.1 Å². The van der Waals surface area contributed by atoms with E-state index in [2.05, 4.69) is 0 Å². The van der Waals surface area contributed by atoms with Crippen LogP contribution in [0.5, 0.6) is 0 Å². The molecule has 1 aromatic carbocycles. The summed E-state index contributed by atoms with van der Waals surface area (Å²) < 4.78 is 39.0. The van der Waals surface area contributed by atoms with Crippen molar-refractivity contribution in [2.24, 2.45) is 5.92 Å². The fourth-order valence-electron chi connectivity index (χ4n) is 2.27. The van der Waals surface area contributed by atoms with Gasteiger partial charge in [0.05, 0.1) is 10.8 Å². The first-order chi connectivity index (χ1) is 8.08. The molecule has 17 heavy (non-hydrogen) atoms. The van der Waals surface area contributed by atoms with Crippen molar-refractivity contribution in [1.82, 2.24) is 0 Å². The van der Waals surface area contributed by atoms with Crippen LogP contribution < -0.4 is 5.73 Å². The van der Waals surface area contributed by atoms with Crippen LogP contribution in [-0.2, 0) is 10.8 Å². The molecule has 1 atom stereocenters. The van der Waals surface area contributed by atoms with Gasteiger partial charge in [-0.25, -0.2) is 8.78 Å². The smallest absolute Gasteiger partial charge is 0.144 e. The Bertz CT molecular complexity index is 421. The van der Waals surface area contributed by atoms with Crippen molar-refractivity contribution in [2.45, 2.75) is 30.6 Å². The molecule has 0 aliphatic heterocycles. The van der Waals surface area contributed by atoms with E-state index in [4.69, 9.17) is 5.73 Å². The van der Waals surface area contributed by atoms with E-state index in [0.29, 0.717) is 11.7 Å². The van der Waals surface area contributed by atoms with Crippen LogP contribution in [0.4, 0.5) is 14.5 Å². The Balaban J connectivity index is 2.18. The summed E-state index contributed by atoms with van der Waals surface area (Å²) in [6.45, 7) is 0. The second-order valence-electron chi connectivity index (χ2n) is 4.48. The molecule has 0 saturated heterocycles. The zero-order valence-electron chi connectivity index (χ0n) is 9.42. The number of halogens is 2. The van der Waals surface area contributed by atoms with E-state index in [0.717, 1.165) is 37.8 Å². The van der Waals surface area contributed by atoms with Gasteiger partial charge in [-0.15, -0.1) is 0 Å². The zero-order chi connectivity index (χ0) is 12.4. The number of rotatable bonds is 3. The number of anilines is 1. The standard InChI is InChI=1S/C12H15F2NOS/c13-10-5-9(15)6-11(14)12(10)17(16)7-8-3-1-2-4-8/h5-6,8H,1-4,7,15H2. The molecular formula is C12H15F2NOS. The second-order valence-corrected chi connectivity index (χ2v) is 5.91. The van der Waals surface area contributed by atoms with Crippen LogP contribution in [0.1, 0.15) is 25.7 Å². The highest BCUT2D eigenvalue weighted by Gasteiger charge is 2.22. The van der Waals surface area contributed by atoms with Gasteiger partial charge in [0.2, 0.25) is 0 Å². The van der Waals surface area contributed by atoms with Gasteiger partial charge in [0.15, 0.2) is 0 Å². The lowest BCUT2D eigenvalue weighted by atomic mass is 10.1. The van der Waals surface area contributed by atoms with Gasteiger partial charge >= 0.3 is 0 Å². The first-order valence-corrected chi connectivity index (χ1v) is 7.02. The number of hydrogen-bond acceptors (Lipinski definition) is 2. The summed E-state index contributed by atoms with van der Waals surface area (Å²) in [5.74, 6) is -0.942. The molecule has 2 rings (SSSR count). The summed E-state index contributed by atoms with van der Waals surface area (Å²) in [5.41, 5.74) is 5.33. The Morgan fingerprint density at radius 3 is 2.29 bits per heavy atom. The van der Waals surface area contributed by atoms with Gasteiger partial charge < -0.3 is 5.73 Å². The van der Waals surface area contributed by atoms with Crippen molar-refractivity contribution < 1.29 is 13.0 Å². The predicted octanol–water partition coefficient (Wildman–Crippen LogP) is 2.84. The molecule has 1 aliphatic rings. The summed E-state index contributed by atoms with van der Waals surface area (Å²) in [7, 11) is -1.61. The summed E-state index contributed by atoms with van der Waals surface area (Å²) in [5, 5.41) is 0. The first-order valence-electron chi connectivity index (χ1n) is 5.71. The van der Waals surface area contributed by atoms with Crippen LogP contribution >= 0.6 is 0 Å². The van der Waals surface area contributed by atoms with Crippen molar-refractivity contribution in [3.63, 3.8) is 0 Å². The first kappa shape index (κ1) is 12.5. The largest absolute Gasteiger partial charge is 0.399 e. The predicted molar refractivity (Wildman–Crippen MR) is 64.0 cm³/mol. The molecule has 5 heteroatoms. The Labute approximate surface area is 102 Å². The molecule has 2 N–H and O–H groups in total. The van der Waals surface area contributed by atoms with Crippen LogP contribution in [0.15, 0.2) is 17.0 Å². The maximum absolute atomic E-state index is 13.5. The minimum atomic E-state index is -1.61. The van der Waals surface area contributed by atoms with Gasteiger partial charge in [0.25, 0.3) is 0 Å². The van der Waals surface area contributed by atoms with Crippen molar-refractivity contribution in [1.29, 1.82) is 0 Å². The number of nitrogen functional groups attached to an aromatic ring is 1. The Morgan fingerprint density at radius 1 is 1.24 bits per heavy atom. The zero-order valence-corrected chi connectivity index (χ0v) is 10.2. The van der Waals surface area contributed by atoms with Gasteiger partial charge in [-0.05, 0) is 30.9 Å². The van der Waals surface area contributed by atoms with Gasteiger partial charge in [-0.1, -0.05) is 12.8 Å². The molecule has 0 aromatic heterocycles. The Hall–Kier alpha value is -0.970. The average Bonchev–Trinajstić information content (AvgIpc) is 2.68. The van der Waals surface area contributed by atoms with Crippen molar-refractivity contribution in [2.75, 3.05) is 11.5 Å². The molecule has 0 radical (unpaired) electrons. The quantitative estimate of drug-likeness (QED) is 0.848. The van der Waals surface area contributed by atoms with Crippen molar-refractivity contribution in [3.8, 4) is 0 Å². The average molecular weight is 259 g/mol. The molecule has 1 fully saturated rings. The molecule has 94 valence electrons.